The minimum Gasteiger partial charge on any atom is -0.480 e. The van der Waals surface area contributed by atoms with Gasteiger partial charge in [-0.2, -0.15) is 0 Å². The Morgan fingerprint density at radius 3 is 1.38 bits per heavy atom. The van der Waals surface area contributed by atoms with E-state index < -0.39 is 59.8 Å². The van der Waals surface area contributed by atoms with Crippen molar-refractivity contribution >= 4 is 35.5 Å². The second-order valence-electron chi connectivity index (χ2n) is 16.7. The SMILES string of the molecule is CCCCCCCC/C=C\CCCCCCCC(=O)N[C@@H](CCCCN)C(=O)N[C@@H](CC(C)C)C(=O)N[C@@H](C)C(=O)N[C@@H](CCCCN)C(=O)N[C@@H](CCCCN)C(=O)O. The van der Waals surface area contributed by atoms with E-state index in [0.29, 0.717) is 71.0 Å². The number of nitrogens with two attached hydrogens (primary N) is 3. The summed E-state index contributed by atoms with van der Waals surface area (Å²) in [4.78, 5) is 78.6. The number of carboxylic acids is 1. The fraction of sp³-hybridized carbons (Fsp3) is 0.822. The number of hydrogen-bond donors (Lipinski definition) is 9. The molecule has 0 aromatic carbocycles. The number of amides is 5. The zero-order chi connectivity index (χ0) is 45.0. The Morgan fingerprint density at radius 2 is 0.900 bits per heavy atom. The third-order valence-electron chi connectivity index (χ3n) is 10.5. The van der Waals surface area contributed by atoms with Crippen molar-refractivity contribution in [1.29, 1.82) is 0 Å². The van der Waals surface area contributed by atoms with Crippen molar-refractivity contribution in [2.24, 2.45) is 23.1 Å². The molecule has 0 fully saturated rings. The number of carbonyl (C=O) groups excluding carboxylic acids is 5. The molecule has 5 atom stereocenters. The Balaban J connectivity index is 5.27. The average Bonchev–Trinajstić information content (AvgIpc) is 3.20. The zero-order valence-electron chi connectivity index (χ0n) is 37.8. The lowest BCUT2D eigenvalue weighted by Crippen LogP contribution is -2.58. The van der Waals surface area contributed by atoms with Gasteiger partial charge < -0.3 is 48.9 Å². The molecule has 0 aromatic rings. The van der Waals surface area contributed by atoms with Gasteiger partial charge in [-0.1, -0.05) is 84.3 Å². The number of unbranched alkanes of at least 4 members (excludes halogenated alkanes) is 14. The van der Waals surface area contributed by atoms with Crippen LogP contribution in [0.4, 0.5) is 0 Å². The van der Waals surface area contributed by atoms with E-state index in [1.54, 1.807) is 0 Å². The number of allylic oxidation sites excluding steroid dienone is 2. The third-order valence-corrected chi connectivity index (χ3v) is 10.5. The van der Waals surface area contributed by atoms with E-state index in [1.165, 1.54) is 45.4 Å². The number of nitrogens with one attached hydrogen (secondary N) is 5. The standard InChI is InChI=1S/C45H86N8O7/c1-5-6-7-8-9-10-11-12-13-14-15-16-17-18-19-29-40(54)50-36(26-20-23-30-46)42(56)53-39(33-34(2)3)44(58)49-35(4)41(55)51-37(27-21-24-31-47)43(57)52-38(45(59)60)28-22-25-32-48/h12-13,34-39H,5-11,14-33,46-48H2,1-4H3,(H,49,58)(H,50,54)(H,51,55)(H,52,57)(H,53,56)(H,59,60)/b13-12-/t35-,36-,37-,38-,39-/m0/s1. The number of aliphatic carboxylic acids is 1. The first-order valence-corrected chi connectivity index (χ1v) is 23.3. The molecule has 0 spiro atoms. The lowest BCUT2D eigenvalue weighted by molar-refractivity contribution is -0.142. The van der Waals surface area contributed by atoms with Crippen LogP contribution in [0, 0.1) is 5.92 Å². The van der Waals surface area contributed by atoms with Gasteiger partial charge >= 0.3 is 5.97 Å². The molecule has 15 heteroatoms. The Bertz CT molecular complexity index is 1220. The molecule has 0 aromatic heterocycles. The summed E-state index contributed by atoms with van der Waals surface area (Å²) in [5.74, 6) is -3.78. The number of hydrogen-bond acceptors (Lipinski definition) is 9. The molecule has 15 nitrogen and oxygen atoms in total. The summed E-state index contributed by atoms with van der Waals surface area (Å²) < 4.78 is 0. The van der Waals surface area contributed by atoms with Crippen molar-refractivity contribution in [2.75, 3.05) is 19.6 Å². The minimum absolute atomic E-state index is 0.000698. The molecule has 5 amide bonds. The van der Waals surface area contributed by atoms with E-state index in [0.717, 1.165) is 44.9 Å². The fourth-order valence-corrected chi connectivity index (χ4v) is 6.82. The van der Waals surface area contributed by atoms with Gasteiger partial charge in [0.15, 0.2) is 0 Å². The highest BCUT2D eigenvalue weighted by Gasteiger charge is 2.31. The van der Waals surface area contributed by atoms with Crippen molar-refractivity contribution in [3.63, 3.8) is 0 Å². The van der Waals surface area contributed by atoms with E-state index in [9.17, 15) is 33.9 Å². The van der Waals surface area contributed by atoms with Gasteiger partial charge in [0.25, 0.3) is 0 Å². The molecule has 0 heterocycles. The van der Waals surface area contributed by atoms with Gasteiger partial charge in [-0.05, 0) is 129 Å². The maximum absolute atomic E-state index is 13.6. The predicted molar refractivity (Wildman–Crippen MR) is 241 cm³/mol. The van der Waals surface area contributed by atoms with Crippen LogP contribution in [0.1, 0.15) is 182 Å². The van der Waals surface area contributed by atoms with E-state index >= 15 is 0 Å². The maximum atomic E-state index is 13.6. The maximum Gasteiger partial charge on any atom is 0.326 e. The van der Waals surface area contributed by atoms with E-state index in [2.05, 4.69) is 45.7 Å². The van der Waals surface area contributed by atoms with Crippen LogP contribution in [0.5, 0.6) is 0 Å². The molecule has 60 heavy (non-hydrogen) atoms. The summed E-state index contributed by atoms with van der Waals surface area (Å²) in [6.45, 7) is 8.73. The first-order valence-electron chi connectivity index (χ1n) is 23.3. The number of carboxylic acid groups (broad SMARTS) is 1. The van der Waals surface area contributed by atoms with Crippen LogP contribution in [-0.4, -0.2) is 90.5 Å². The van der Waals surface area contributed by atoms with E-state index in [-0.39, 0.29) is 31.1 Å². The van der Waals surface area contributed by atoms with Gasteiger partial charge in [0, 0.05) is 6.42 Å². The third kappa shape index (κ3) is 29.6. The molecule has 0 aliphatic heterocycles. The van der Waals surface area contributed by atoms with Crippen molar-refractivity contribution < 1.29 is 33.9 Å². The smallest absolute Gasteiger partial charge is 0.326 e. The summed E-state index contributed by atoms with van der Waals surface area (Å²) in [6.07, 6.45) is 24.5. The minimum atomic E-state index is -1.19. The topological polar surface area (TPSA) is 261 Å². The van der Waals surface area contributed by atoms with Crippen LogP contribution in [0.25, 0.3) is 0 Å². The van der Waals surface area contributed by atoms with Crippen LogP contribution in [0.3, 0.4) is 0 Å². The van der Waals surface area contributed by atoms with Crippen LogP contribution in [0.2, 0.25) is 0 Å². The molecule has 0 radical (unpaired) electrons. The Hall–Kier alpha value is -3.56. The first-order chi connectivity index (χ1) is 28.8. The highest BCUT2D eigenvalue weighted by molar-refractivity contribution is 5.95. The quantitative estimate of drug-likeness (QED) is 0.0296. The molecule has 0 aliphatic carbocycles. The van der Waals surface area contributed by atoms with Crippen LogP contribution in [-0.2, 0) is 28.8 Å². The molecular weight excluding hydrogens is 765 g/mol. The van der Waals surface area contributed by atoms with E-state index in [4.69, 9.17) is 17.2 Å². The molecule has 0 saturated carbocycles. The molecule has 0 unspecified atom stereocenters. The number of carbonyl (C=O) groups is 6. The second kappa shape index (κ2) is 37.2. The summed E-state index contributed by atoms with van der Waals surface area (Å²) in [7, 11) is 0. The van der Waals surface area contributed by atoms with Crippen LogP contribution >= 0.6 is 0 Å². The highest BCUT2D eigenvalue weighted by Crippen LogP contribution is 2.12. The van der Waals surface area contributed by atoms with Gasteiger partial charge in [-0.3, -0.25) is 24.0 Å². The fourth-order valence-electron chi connectivity index (χ4n) is 6.82. The zero-order valence-corrected chi connectivity index (χ0v) is 37.8. The molecular formula is C45H86N8O7. The second-order valence-corrected chi connectivity index (χ2v) is 16.7. The Labute approximate surface area is 362 Å². The molecule has 0 rings (SSSR count). The largest absolute Gasteiger partial charge is 0.480 e. The highest BCUT2D eigenvalue weighted by atomic mass is 16.4. The van der Waals surface area contributed by atoms with Gasteiger partial charge in [0.2, 0.25) is 29.5 Å². The molecule has 0 bridgehead atoms. The summed E-state index contributed by atoms with van der Waals surface area (Å²) >= 11 is 0. The molecule has 348 valence electrons. The molecule has 0 saturated heterocycles. The number of rotatable bonds is 39. The first kappa shape index (κ1) is 56.4. The van der Waals surface area contributed by atoms with Crippen molar-refractivity contribution in [1.82, 2.24) is 26.6 Å². The molecule has 12 N–H and O–H groups in total. The lowest BCUT2D eigenvalue weighted by Gasteiger charge is -2.26. The van der Waals surface area contributed by atoms with Crippen molar-refractivity contribution in [3.05, 3.63) is 12.2 Å². The normalized spacial score (nSPS) is 13.9. The van der Waals surface area contributed by atoms with Crippen molar-refractivity contribution in [3.8, 4) is 0 Å². The van der Waals surface area contributed by atoms with Crippen LogP contribution < -0.4 is 43.8 Å². The summed E-state index contributed by atoms with van der Waals surface area (Å²) in [6, 6.07) is -5.16. The van der Waals surface area contributed by atoms with Crippen molar-refractivity contribution in [2.45, 2.75) is 212 Å². The predicted octanol–water partition coefficient (Wildman–Crippen LogP) is 4.99. The van der Waals surface area contributed by atoms with Gasteiger partial charge in [0.05, 0.1) is 0 Å². The van der Waals surface area contributed by atoms with Gasteiger partial charge in [-0.25, -0.2) is 4.79 Å². The summed E-state index contributed by atoms with van der Waals surface area (Å²) in [5, 5.41) is 23.2. The average molecular weight is 851 g/mol. The lowest BCUT2D eigenvalue weighted by atomic mass is 10.0. The Morgan fingerprint density at radius 1 is 0.483 bits per heavy atom. The molecule has 0 aliphatic rings. The van der Waals surface area contributed by atoms with Crippen LogP contribution in [0.15, 0.2) is 12.2 Å². The Kier molecular flexibility index (Phi) is 35.0. The van der Waals surface area contributed by atoms with E-state index in [1.807, 2.05) is 13.8 Å². The summed E-state index contributed by atoms with van der Waals surface area (Å²) in [5.41, 5.74) is 16.9. The van der Waals surface area contributed by atoms with Gasteiger partial charge in [0.1, 0.15) is 30.2 Å². The van der Waals surface area contributed by atoms with Gasteiger partial charge in [-0.15, -0.1) is 0 Å². The monoisotopic (exact) mass is 851 g/mol.